The van der Waals surface area contributed by atoms with Crippen LogP contribution >= 0.6 is 0 Å². The number of fused-ring (bicyclic) bond motifs is 1. The Balaban J connectivity index is 1.97. The van der Waals surface area contributed by atoms with Crippen molar-refractivity contribution < 1.29 is 23.9 Å². The molecule has 1 spiro atoms. The molecule has 0 unspecified atom stereocenters. The van der Waals surface area contributed by atoms with E-state index >= 15 is 0 Å². The van der Waals surface area contributed by atoms with Crippen molar-refractivity contribution in [3.05, 3.63) is 23.8 Å². The van der Waals surface area contributed by atoms with E-state index in [-0.39, 0.29) is 24.3 Å². The number of primary amides is 1. The lowest BCUT2D eigenvalue weighted by molar-refractivity contribution is -0.131. The number of rotatable bonds is 1. The lowest BCUT2D eigenvalue weighted by Gasteiger charge is -2.34. The summed E-state index contributed by atoms with van der Waals surface area (Å²) in [5.41, 5.74) is 3.72. The first-order valence-electron chi connectivity index (χ1n) is 8.39. The monoisotopic (exact) mass is 372 g/mol. The molecule has 2 aliphatic heterocycles. The number of para-hydroxylation sites is 1. The Morgan fingerprint density at radius 3 is 2.74 bits per heavy atom. The topological polar surface area (TPSA) is 135 Å². The molecule has 3 rings (SSSR count). The quantitative estimate of drug-likeness (QED) is 0.758. The minimum Gasteiger partial charge on any atom is -0.472 e. The minimum absolute atomic E-state index is 0.132. The van der Waals surface area contributed by atoms with Crippen LogP contribution in [0.2, 0.25) is 0 Å². The van der Waals surface area contributed by atoms with Crippen molar-refractivity contribution in [1.29, 1.82) is 5.26 Å². The van der Waals surface area contributed by atoms with Crippen LogP contribution in [0.25, 0.3) is 0 Å². The normalized spacial score (nSPS) is 23.9. The minimum atomic E-state index is -1.53. The van der Waals surface area contributed by atoms with Gasteiger partial charge in [0.15, 0.2) is 5.75 Å². The SMILES string of the molecule is CC(C)(C)OC(=O)N1C[C@@]2(C[C@H]1C(N)=O)Oc1c(C#N)cccc1NC2=O. The number of nitrogens with two attached hydrogens (primary N) is 1. The molecule has 0 aliphatic carbocycles. The highest BCUT2D eigenvalue weighted by Crippen LogP contribution is 2.42. The highest BCUT2D eigenvalue weighted by atomic mass is 16.6. The van der Waals surface area contributed by atoms with Gasteiger partial charge in [0, 0.05) is 6.42 Å². The van der Waals surface area contributed by atoms with E-state index in [1.165, 1.54) is 0 Å². The van der Waals surface area contributed by atoms with Gasteiger partial charge in [-0.15, -0.1) is 0 Å². The zero-order chi connectivity index (χ0) is 20.0. The summed E-state index contributed by atoms with van der Waals surface area (Å²) in [6.07, 6.45) is -0.897. The van der Waals surface area contributed by atoms with Crippen LogP contribution in [-0.4, -0.2) is 46.6 Å². The Morgan fingerprint density at radius 2 is 2.15 bits per heavy atom. The fraction of sp³-hybridized carbons (Fsp3) is 0.444. The molecule has 0 radical (unpaired) electrons. The van der Waals surface area contributed by atoms with E-state index in [1.807, 2.05) is 6.07 Å². The number of hydrogen-bond acceptors (Lipinski definition) is 6. The molecular formula is C18H20N4O5. The van der Waals surface area contributed by atoms with Gasteiger partial charge in [0.05, 0.1) is 17.8 Å². The average Bonchev–Trinajstić information content (AvgIpc) is 2.95. The molecule has 0 bridgehead atoms. The summed E-state index contributed by atoms with van der Waals surface area (Å²) in [6.45, 7) is 4.85. The van der Waals surface area contributed by atoms with Crippen molar-refractivity contribution in [2.75, 3.05) is 11.9 Å². The first kappa shape index (κ1) is 18.5. The van der Waals surface area contributed by atoms with Gasteiger partial charge in [-0.05, 0) is 32.9 Å². The maximum Gasteiger partial charge on any atom is 0.411 e. The Kier molecular flexibility index (Phi) is 4.22. The standard InChI is InChI=1S/C18H20N4O5/c1-17(2,3)27-16(25)22-9-18(7-12(22)14(20)23)15(24)21-11-6-4-5-10(8-19)13(11)26-18/h4-6,12H,7,9H2,1-3H3,(H2,20,23)(H,21,24)/t12-,18+/m0/s1. The summed E-state index contributed by atoms with van der Waals surface area (Å²) < 4.78 is 11.2. The molecule has 1 saturated heterocycles. The largest absolute Gasteiger partial charge is 0.472 e. The van der Waals surface area contributed by atoms with Gasteiger partial charge in [0.2, 0.25) is 11.5 Å². The number of nitrogens with zero attached hydrogens (tertiary/aromatic N) is 2. The van der Waals surface area contributed by atoms with E-state index in [4.69, 9.17) is 15.2 Å². The van der Waals surface area contributed by atoms with Crippen molar-refractivity contribution in [2.24, 2.45) is 5.73 Å². The molecule has 2 aliphatic rings. The van der Waals surface area contributed by atoms with Gasteiger partial charge in [-0.25, -0.2) is 4.79 Å². The van der Waals surface area contributed by atoms with E-state index in [2.05, 4.69) is 5.32 Å². The maximum absolute atomic E-state index is 12.8. The molecule has 1 fully saturated rings. The van der Waals surface area contributed by atoms with Crippen molar-refractivity contribution in [3.63, 3.8) is 0 Å². The number of carbonyl (C=O) groups excluding carboxylic acids is 3. The first-order valence-corrected chi connectivity index (χ1v) is 8.39. The number of nitriles is 1. The third-order valence-electron chi connectivity index (χ3n) is 4.38. The molecule has 2 heterocycles. The first-order chi connectivity index (χ1) is 12.6. The van der Waals surface area contributed by atoms with Gasteiger partial charge >= 0.3 is 6.09 Å². The van der Waals surface area contributed by atoms with Crippen molar-refractivity contribution in [3.8, 4) is 11.8 Å². The highest BCUT2D eigenvalue weighted by molar-refractivity contribution is 6.03. The second-order valence-corrected chi connectivity index (χ2v) is 7.58. The van der Waals surface area contributed by atoms with E-state index in [0.717, 1.165) is 4.90 Å². The molecule has 27 heavy (non-hydrogen) atoms. The highest BCUT2D eigenvalue weighted by Gasteiger charge is 2.57. The Labute approximate surface area is 156 Å². The molecule has 2 atom stereocenters. The van der Waals surface area contributed by atoms with E-state index in [1.54, 1.807) is 39.0 Å². The van der Waals surface area contributed by atoms with E-state index < -0.39 is 35.2 Å². The number of likely N-dealkylation sites (tertiary alicyclic amines) is 1. The zero-order valence-electron chi connectivity index (χ0n) is 15.2. The van der Waals surface area contributed by atoms with Gasteiger partial charge in [0.1, 0.15) is 17.7 Å². The molecule has 0 aromatic heterocycles. The fourth-order valence-electron chi connectivity index (χ4n) is 3.19. The van der Waals surface area contributed by atoms with Gasteiger partial charge in [-0.1, -0.05) is 6.07 Å². The Bertz CT molecular complexity index is 869. The van der Waals surface area contributed by atoms with Crippen LogP contribution in [0, 0.1) is 11.3 Å². The lowest BCUT2D eigenvalue weighted by Crippen LogP contribution is -2.53. The molecule has 3 N–H and O–H groups in total. The number of carbonyl (C=O) groups is 3. The molecule has 0 saturated carbocycles. The van der Waals surface area contributed by atoms with Crippen molar-refractivity contribution >= 4 is 23.6 Å². The summed E-state index contributed by atoms with van der Waals surface area (Å²) in [7, 11) is 0. The Morgan fingerprint density at radius 1 is 1.44 bits per heavy atom. The summed E-state index contributed by atoms with van der Waals surface area (Å²) in [4.78, 5) is 38.3. The molecule has 1 aromatic rings. The Hall–Kier alpha value is -3.28. The third-order valence-corrected chi connectivity index (χ3v) is 4.38. The molecule has 1 aromatic carbocycles. The van der Waals surface area contributed by atoms with Gasteiger partial charge in [0.25, 0.3) is 5.91 Å². The van der Waals surface area contributed by atoms with E-state index in [9.17, 15) is 19.6 Å². The van der Waals surface area contributed by atoms with E-state index in [0.29, 0.717) is 5.69 Å². The van der Waals surface area contributed by atoms with Crippen LogP contribution in [0.4, 0.5) is 10.5 Å². The second kappa shape index (κ2) is 6.16. The van der Waals surface area contributed by atoms with Crippen LogP contribution in [0.5, 0.6) is 5.75 Å². The molecule has 9 nitrogen and oxygen atoms in total. The summed E-state index contributed by atoms with van der Waals surface area (Å²) in [5, 5.41) is 12.0. The molecule has 3 amide bonds. The van der Waals surface area contributed by atoms with Crippen LogP contribution in [-0.2, 0) is 14.3 Å². The average molecular weight is 372 g/mol. The number of anilines is 1. The van der Waals surface area contributed by atoms with Gasteiger partial charge in [-0.2, -0.15) is 5.26 Å². The van der Waals surface area contributed by atoms with Gasteiger partial charge < -0.3 is 20.5 Å². The number of amides is 3. The number of ether oxygens (including phenoxy) is 2. The predicted molar refractivity (Wildman–Crippen MR) is 93.7 cm³/mol. The van der Waals surface area contributed by atoms with Crippen LogP contribution in [0.15, 0.2) is 18.2 Å². The fourth-order valence-corrected chi connectivity index (χ4v) is 3.19. The van der Waals surface area contributed by atoms with Crippen molar-refractivity contribution in [2.45, 2.75) is 44.4 Å². The summed E-state index contributed by atoms with van der Waals surface area (Å²) in [5.74, 6) is -1.08. The van der Waals surface area contributed by atoms with Crippen LogP contribution in [0.1, 0.15) is 32.8 Å². The number of benzene rings is 1. The molecule has 9 heteroatoms. The number of nitrogens with one attached hydrogen (secondary N) is 1. The molecule has 142 valence electrons. The second-order valence-electron chi connectivity index (χ2n) is 7.58. The lowest BCUT2D eigenvalue weighted by atomic mass is 9.96. The summed E-state index contributed by atoms with van der Waals surface area (Å²) >= 11 is 0. The maximum atomic E-state index is 12.8. The molecular weight excluding hydrogens is 352 g/mol. The predicted octanol–water partition coefficient (Wildman–Crippen LogP) is 1.12. The number of hydrogen-bond donors (Lipinski definition) is 2. The van der Waals surface area contributed by atoms with Crippen molar-refractivity contribution in [1.82, 2.24) is 4.90 Å². The third kappa shape index (κ3) is 3.26. The van der Waals surface area contributed by atoms with Crippen LogP contribution < -0.4 is 15.8 Å². The summed E-state index contributed by atoms with van der Waals surface area (Å²) in [6, 6.07) is 5.71. The smallest absolute Gasteiger partial charge is 0.411 e. The zero-order valence-corrected chi connectivity index (χ0v) is 15.2. The van der Waals surface area contributed by atoms with Gasteiger partial charge in [-0.3, -0.25) is 14.5 Å². The van der Waals surface area contributed by atoms with Crippen LogP contribution in [0.3, 0.4) is 0 Å².